The molecule has 1 N–H and O–H groups in total. The number of anilines is 1. The van der Waals surface area contributed by atoms with E-state index in [4.69, 9.17) is 9.47 Å². The Morgan fingerprint density at radius 3 is 2.41 bits per heavy atom. The van der Waals surface area contributed by atoms with Crippen LogP contribution in [0.1, 0.15) is 50.2 Å². The number of carbonyl (C=O) groups excluding carboxylic acids is 3. The van der Waals surface area contributed by atoms with Crippen molar-refractivity contribution in [3.05, 3.63) is 77.0 Å². The number of ether oxygens (including phenoxy) is 2. The SMILES string of the molecule is COC(=O)CC[C@@]1(C(C)=O)CC(CC(=O)OC)=C2Nc3ccccc3[C@@]23CCN(Cc2ccccc2)[C@@H]13. The highest BCUT2D eigenvalue weighted by atomic mass is 16.5. The van der Waals surface area contributed by atoms with E-state index in [0.29, 0.717) is 19.4 Å². The molecule has 1 saturated heterocycles. The maximum absolute atomic E-state index is 13.8. The van der Waals surface area contributed by atoms with Gasteiger partial charge in [-0.25, -0.2) is 0 Å². The van der Waals surface area contributed by atoms with Gasteiger partial charge in [0.05, 0.1) is 26.1 Å². The number of methoxy groups -OCH3 is 2. The number of ketones is 1. The molecule has 0 saturated carbocycles. The Balaban J connectivity index is 1.72. The molecule has 3 atom stereocenters. The van der Waals surface area contributed by atoms with Crippen molar-refractivity contribution in [3.8, 4) is 0 Å². The third kappa shape index (κ3) is 4.06. The molecule has 1 aliphatic carbocycles. The Bertz CT molecular complexity index is 1260. The van der Waals surface area contributed by atoms with Crippen molar-refractivity contribution in [2.45, 2.75) is 57.0 Å². The summed E-state index contributed by atoms with van der Waals surface area (Å²) in [5.74, 6) is -0.638. The van der Waals surface area contributed by atoms with Gasteiger partial charge in [-0.3, -0.25) is 19.3 Å². The molecule has 1 spiro atoms. The molecule has 7 heteroatoms. The van der Waals surface area contributed by atoms with Crippen molar-refractivity contribution < 1.29 is 23.9 Å². The van der Waals surface area contributed by atoms with Gasteiger partial charge < -0.3 is 14.8 Å². The van der Waals surface area contributed by atoms with Crippen molar-refractivity contribution >= 4 is 23.4 Å². The second kappa shape index (κ2) is 9.78. The summed E-state index contributed by atoms with van der Waals surface area (Å²) in [6.45, 7) is 3.12. The number of rotatable bonds is 8. The molecular formula is C30H34N2O5. The van der Waals surface area contributed by atoms with Crippen molar-refractivity contribution in [1.29, 1.82) is 0 Å². The van der Waals surface area contributed by atoms with Gasteiger partial charge in [-0.2, -0.15) is 0 Å². The fraction of sp³-hybridized carbons (Fsp3) is 0.433. The Labute approximate surface area is 217 Å². The van der Waals surface area contributed by atoms with Crippen LogP contribution in [0.5, 0.6) is 0 Å². The standard InChI is InChI=1S/C30H34N2O5/c1-20(33)29(14-13-25(34)36-2)18-22(17-26(35)37-3)27-30(23-11-7-8-12-24(23)31-27)15-16-32(28(29)30)19-21-9-5-4-6-10-21/h4-12,28,31H,13-19H2,1-3H3/t28-,29-,30-/m0/s1. The molecule has 2 aromatic carbocycles. The summed E-state index contributed by atoms with van der Waals surface area (Å²) in [6.07, 6.45) is 1.79. The van der Waals surface area contributed by atoms with E-state index < -0.39 is 10.8 Å². The number of hydrogen-bond donors (Lipinski definition) is 1. The van der Waals surface area contributed by atoms with Gasteiger partial charge in [-0.05, 0) is 49.0 Å². The van der Waals surface area contributed by atoms with E-state index in [2.05, 4.69) is 34.5 Å². The van der Waals surface area contributed by atoms with Gasteiger partial charge in [0.15, 0.2) is 0 Å². The first-order valence-electron chi connectivity index (χ1n) is 12.9. The van der Waals surface area contributed by atoms with E-state index in [9.17, 15) is 14.4 Å². The first-order valence-corrected chi connectivity index (χ1v) is 12.9. The van der Waals surface area contributed by atoms with E-state index in [0.717, 1.165) is 35.5 Å². The summed E-state index contributed by atoms with van der Waals surface area (Å²) in [7, 11) is 2.76. The predicted molar refractivity (Wildman–Crippen MR) is 140 cm³/mol. The fourth-order valence-electron chi connectivity index (χ4n) is 7.12. The van der Waals surface area contributed by atoms with Crippen molar-refractivity contribution in [3.63, 3.8) is 0 Å². The molecule has 0 bridgehead atoms. The molecule has 37 heavy (non-hydrogen) atoms. The van der Waals surface area contributed by atoms with E-state index in [1.54, 1.807) is 6.92 Å². The highest BCUT2D eigenvalue weighted by Gasteiger charge is 2.66. The lowest BCUT2D eigenvalue weighted by Gasteiger charge is -2.52. The van der Waals surface area contributed by atoms with Gasteiger partial charge in [-0.1, -0.05) is 48.5 Å². The van der Waals surface area contributed by atoms with Crippen molar-refractivity contribution in [2.75, 3.05) is 26.1 Å². The number of esters is 2. The Kier molecular flexibility index (Phi) is 6.67. The number of fused-ring (bicyclic) bond motifs is 1. The lowest BCUT2D eigenvalue weighted by molar-refractivity contribution is -0.144. The van der Waals surface area contributed by atoms with Crippen LogP contribution in [0.3, 0.4) is 0 Å². The highest BCUT2D eigenvalue weighted by molar-refractivity contribution is 5.88. The largest absolute Gasteiger partial charge is 0.469 e. The van der Waals surface area contributed by atoms with E-state index in [-0.39, 0.29) is 36.6 Å². The summed E-state index contributed by atoms with van der Waals surface area (Å²) >= 11 is 0. The Morgan fingerprint density at radius 1 is 1.00 bits per heavy atom. The van der Waals surface area contributed by atoms with Crippen LogP contribution < -0.4 is 5.32 Å². The van der Waals surface area contributed by atoms with Gasteiger partial charge in [0, 0.05) is 42.4 Å². The maximum atomic E-state index is 13.8. The van der Waals surface area contributed by atoms with Crippen LogP contribution in [0.4, 0.5) is 5.69 Å². The number of hydrogen-bond acceptors (Lipinski definition) is 7. The van der Waals surface area contributed by atoms with E-state index in [1.807, 2.05) is 30.3 Å². The first kappa shape index (κ1) is 25.2. The van der Waals surface area contributed by atoms with E-state index >= 15 is 0 Å². The average Bonchev–Trinajstić information content (AvgIpc) is 3.46. The first-order chi connectivity index (χ1) is 17.9. The molecule has 2 aliphatic heterocycles. The normalized spacial score (nSPS) is 26.1. The molecule has 0 amide bonds. The Hall–Kier alpha value is -3.45. The second-order valence-corrected chi connectivity index (χ2v) is 10.4. The number of benzene rings is 2. The average molecular weight is 503 g/mol. The van der Waals surface area contributed by atoms with Gasteiger partial charge in [0.2, 0.25) is 0 Å². The summed E-state index contributed by atoms with van der Waals surface area (Å²) in [4.78, 5) is 41.2. The summed E-state index contributed by atoms with van der Waals surface area (Å²) in [6, 6.07) is 18.3. The number of carbonyl (C=O) groups is 3. The second-order valence-electron chi connectivity index (χ2n) is 10.4. The molecule has 194 valence electrons. The summed E-state index contributed by atoms with van der Waals surface area (Å²) < 4.78 is 10.0. The van der Waals surface area contributed by atoms with Crippen LogP contribution >= 0.6 is 0 Å². The lowest BCUT2D eigenvalue weighted by atomic mass is 9.54. The minimum absolute atomic E-state index is 0.0338. The molecule has 5 rings (SSSR count). The quantitative estimate of drug-likeness (QED) is 0.537. The molecule has 2 heterocycles. The molecule has 0 aromatic heterocycles. The van der Waals surface area contributed by atoms with Crippen LogP contribution in [0.2, 0.25) is 0 Å². The van der Waals surface area contributed by atoms with Gasteiger partial charge in [-0.15, -0.1) is 0 Å². The third-order valence-corrected chi connectivity index (χ3v) is 8.66. The monoisotopic (exact) mass is 502 g/mol. The molecule has 0 radical (unpaired) electrons. The predicted octanol–water partition coefficient (Wildman–Crippen LogP) is 4.37. The Morgan fingerprint density at radius 2 is 1.70 bits per heavy atom. The van der Waals surface area contributed by atoms with Crippen LogP contribution in [0.25, 0.3) is 0 Å². The topological polar surface area (TPSA) is 84.9 Å². The van der Waals surface area contributed by atoms with Crippen molar-refractivity contribution in [1.82, 2.24) is 4.90 Å². The number of nitrogens with one attached hydrogen (secondary N) is 1. The van der Waals surface area contributed by atoms with Crippen LogP contribution in [0, 0.1) is 5.41 Å². The molecule has 7 nitrogen and oxygen atoms in total. The zero-order chi connectivity index (χ0) is 26.2. The minimum Gasteiger partial charge on any atom is -0.469 e. The summed E-state index contributed by atoms with van der Waals surface area (Å²) in [5.41, 5.74) is 3.89. The van der Waals surface area contributed by atoms with Gasteiger partial charge in [0.25, 0.3) is 0 Å². The van der Waals surface area contributed by atoms with Crippen molar-refractivity contribution in [2.24, 2.45) is 5.41 Å². The number of para-hydroxylation sites is 1. The van der Waals surface area contributed by atoms with Crippen LogP contribution in [-0.2, 0) is 35.8 Å². The molecule has 3 aliphatic rings. The van der Waals surface area contributed by atoms with E-state index in [1.165, 1.54) is 19.8 Å². The number of likely N-dealkylation sites (tertiary alicyclic amines) is 1. The molecule has 2 aromatic rings. The zero-order valence-corrected chi connectivity index (χ0v) is 21.7. The highest BCUT2D eigenvalue weighted by Crippen LogP contribution is 2.64. The van der Waals surface area contributed by atoms with Gasteiger partial charge >= 0.3 is 11.9 Å². The summed E-state index contributed by atoms with van der Waals surface area (Å²) in [5, 5.41) is 3.66. The minimum atomic E-state index is -0.870. The number of nitrogens with zero attached hydrogens (tertiary/aromatic N) is 1. The lowest BCUT2D eigenvalue weighted by Crippen LogP contribution is -2.59. The third-order valence-electron chi connectivity index (χ3n) is 8.66. The van der Waals surface area contributed by atoms with Gasteiger partial charge in [0.1, 0.15) is 5.78 Å². The molecule has 0 unspecified atom stereocenters. The fourth-order valence-corrected chi connectivity index (χ4v) is 7.12. The maximum Gasteiger partial charge on any atom is 0.309 e. The number of Topliss-reactive ketones (excluding diaryl/α,β-unsaturated/α-hetero) is 1. The molecular weight excluding hydrogens is 468 g/mol. The molecule has 1 fully saturated rings. The van der Waals surface area contributed by atoms with Crippen LogP contribution in [-0.4, -0.2) is 49.4 Å². The van der Waals surface area contributed by atoms with Crippen LogP contribution in [0.15, 0.2) is 65.9 Å². The zero-order valence-electron chi connectivity index (χ0n) is 21.7. The smallest absolute Gasteiger partial charge is 0.309 e.